The Morgan fingerprint density at radius 3 is 2.50 bits per heavy atom. The molecule has 2 aliphatic rings. The second kappa shape index (κ2) is 9.90. The fraction of sp³-hybridized carbons (Fsp3) is 0.625. The highest BCUT2D eigenvalue weighted by atomic mass is 16.6. The lowest BCUT2D eigenvalue weighted by Gasteiger charge is -2.27. The number of aliphatic hydroxyl groups is 1. The molecule has 2 amide bonds. The molecule has 3 N–H and O–H groups in total. The van der Waals surface area contributed by atoms with Crippen molar-refractivity contribution in [2.75, 3.05) is 0 Å². The maximum Gasteiger partial charge on any atom is 0.306 e. The van der Waals surface area contributed by atoms with Crippen molar-refractivity contribution in [3.8, 4) is 5.75 Å². The van der Waals surface area contributed by atoms with Crippen LogP contribution >= 0.6 is 0 Å². The molecule has 8 nitrogen and oxygen atoms in total. The molecule has 8 heteroatoms. The number of rotatable bonds is 8. The SMILES string of the molecule is CC(C)(C)OC(=O)CCC(C(N)=O)N1Cc2ccc(CO)c(OC3CCCCC3)c2C1=O. The Hall–Kier alpha value is -2.61. The molecule has 0 bridgehead atoms. The number of nitrogens with zero attached hydrogens (tertiary/aromatic N) is 1. The van der Waals surface area contributed by atoms with Crippen LogP contribution in [0.25, 0.3) is 0 Å². The van der Waals surface area contributed by atoms with E-state index in [-0.39, 0.29) is 38.0 Å². The van der Waals surface area contributed by atoms with Gasteiger partial charge in [-0.15, -0.1) is 0 Å². The predicted octanol–water partition coefficient (Wildman–Crippen LogP) is 2.82. The lowest BCUT2D eigenvalue weighted by atomic mass is 9.97. The number of fused-ring (bicyclic) bond motifs is 1. The zero-order chi connectivity index (χ0) is 23.5. The summed E-state index contributed by atoms with van der Waals surface area (Å²) in [5, 5.41) is 9.84. The van der Waals surface area contributed by atoms with Gasteiger partial charge in [0.25, 0.3) is 5.91 Å². The molecule has 3 rings (SSSR count). The lowest BCUT2D eigenvalue weighted by Crippen LogP contribution is -2.45. The number of amides is 2. The number of nitrogens with two attached hydrogens (primary N) is 1. The molecule has 32 heavy (non-hydrogen) atoms. The highest BCUT2D eigenvalue weighted by molar-refractivity contribution is 6.03. The first kappa shape index (κ1) is 24.0. The van der Waals surface area contributed by atoms with Gasteiger partial charge in [0.2, 0.25) is 5.91 Å². The molecule has 1 aliphatic carbocycles. The van der Waals surface area contributed by atoms with Gasteiger partial charge in [-0.25, -0.2) is 0 Å². The van der Waals surface area contributed by atoms with Crippen LogP contribution < -0.4 is 10.5 Å². The van der Waals surface area contributed by atoms with Gasteiger partial charge in [-0.3, -0.25) is 14.4 Å². The number of aliphatic hydroxyl groups excluding tert-OH is 1. The van der Waals surface area contributed by atoms with Crippen LogP contribution in [0.5, 0.6) is 5.75 Å². The van der Waals surface area contributed by atoms with Gasteiger partial charge in [-0.05, 0) is 58.4 Å². The van der Waals surface area contributed by atoms with E-state index in [1.807, 2.05) is 0 Å². The zero-order valence-corrected chi connectivity index (χ0v) is 19.2. The highest BCUT2D eigenvalue weighted by Gasteiger charge is 2.39. The van der Waals surface area contributed by atoms with E-state index < -0.39 is 23.5 Å². The Labute approximate surface area is 189 Å². The number of ether oxygens (including phenoxy) is 2. The van der Waals surface area contributed by atoms with Crippen molar-refractivity contribution in [2.45, 2.75) is 96.6 Å². The van der Waals surface area contributed by atoms with Crippen molar-refractivity contribution in [1.82, 2.24) is 4.90 Å². The number of carbonyl (C=O) groups excluding carboxylic acids is 3. The summed E-state index contributed by atoms with van der Waals surface area (Å²) in [4.78, 5) is 39.1. The van der Waals surface area contributed by atoms with E-state index in [4.69, 9.17) is 15.2 Å². The monoisotopic (exact) mass is 446 g/mol. The van der Waals surface area contributed by atoms with E-state index in [1.54, 1.807) is 32.9 Å². The molecule has 1 fully saturated rings. The molecule has 1 unspecified atom stereocenters. The van der Waals surface area contributed by atoms with E-state index in [1.165, 1.54) is 11.3 Å². The molecule has 176 valence electrons. The molecule has 1 saturated carbocycles. The van der Waals surface area contributed by atoms with Crippen molar-refractivity contribution in [3.05, 3.63) is 28.8 Å². The van der Waals surface area contributed by atoms with Gasteiger partial charge < -0.3 is 25.2 Å². The van der Waals surface area contributed by atoms with Crippen molar-refractivity contribution in [3.63, 3.8) is 0 Å². The van der Waals surface area contributed by atoms with Crippen LogP contribution in [0.1, 0.15) is 87.2 Å². The fourth-order valence-electron chi connectivity index (χ4n) is 4.39. The molecule has 1 aromatic carbocycles. The first-order valence-electron chi connectivity index (χ1n) is 11.3. The van der Waals surface area contributed by atoms with E-state index in [0.29, 0.717) is 16.9 Å². The standard InChI is InChI=1S/C24H34N2O6/c1-24(2,3)32-19(28)12-11-18(22(25)29)26-13-15-9-10-16(14-27)21(20(15)23(26)30)31-17-7-5-4-6-8-17/h9-10,17-18,27H,4-8,11-14H2,1-3H3,(H2,25,29). The van der Waals surface area contributed by atoms with Crippen LogP contribution in [-0.2, 0) is 27.5 Å². The molecule has 1 aromatic rings. The summed E-state index contributed by atoms with van der Waals surface area (Å²) in [7, 11) is 0. The van der Waals surface area contributed by atoms with E-state index in [9.17, 15) is 19.5 Å². The molecule has 0 aromatic heterocycles. The first-order chi connectivity index (χ1) is 15.1. The van der Waals surface area contributed by atoms with Crippen molar-refractivity contribution >= 4 is 17.8 Å². The number of benzene rings is 1. The van der Waals surface area contributed by atoms with Crippen LogP contribution in [0.2, 0.25) is 0 Å². The Kier molecular flexibility index (Phi) is 7.44. The minimum Gasteiger partial charge on any atom is -0.489 e. The van der Waals surface area contributed by atoms with Crippen molar-refractivity contribution < 1.29 is 29.0 Å². The normalized spacial score (nSPS) is 17.8. The minimum absolute atomic E-state index is 0.00139. The zero-order valence-electron chi connectivity index (χ0n) is 19.2. The van der Waals surface area contributed by atoms with Gasteiger partial charge in [-0.1, -0.05) is 18.6 Å². The topological polar surface area (TPSA) is 119 Å². The number of hydrogen-bond donors (Lipinski definition) is 2. The summed E-state index contributed by atoms with van der Waals surface area (Å²) in [6.45, 7) is 5.25. The average molecular weight is 447 g/mol. The van der Waals surface area contributed by atoms with Crippen molar-refractivity contribution in [1.29, 1.82) is 0 Å². The van der Waals surface area contributed by atoms with Crippen LogP contribution in [0.15, 0.2) is 12.1 Å². The van der Waals surface area contributed by atoms with E-state index >= 15 is 0 Å². The van der Waals surface area contributed by atoms with Crippen LogP contribution in [-0.4, -0.2) is 45.5 Å². The van der Waals surface area contributed by atoms with E-state index in [0.717, 1.165) is 31.2 Å². The fourth-order valence-corrected chi connectivity index (χ4v) is 4.39. The van der Waals surface area contributed by atoms with Crippen LogP contribution in [0.4, 0.5) is 0 Å². The summed E-state index contributed by atoms with van der Waals surface area (Å²) in [6.07, 6.45) is 5.18. The maximum absolute atomic E-state index is 13.4. The summed E-state index contributed by atoms with van der Waals surface area (Å²) in [5.41, 5.74) is 6.63. The first-order valence-corrected chi connectivity index (χ1v) is 11.3. The van der Waals surface area contributed by atoms with Gasteiger partial charge in [0, 0.05) is 18.5 Å². The molecule has 1 atom stereocenters. The van der Waals surface area contributed by atoms with Gasteiger partial charge in [0.15, 0.2) is 0 Å². The average Bonchev–Trinajstić information content (AvgIpc) is 3.04. The Balaban J connectivity index is 1.80. The Morgan fingerprint density at radius 2 is 1.91 bits per heavy atom. The Morgan fingerprint density at radius 1 is 1.22 bits per heavy atom. The third-order valence-electron chi connectivity index (χ3n) is 5.89. The molecule has 1 aliphatic heterocycles. The third kappa shape index (κ3) is 5.59. The Bertz CT molecular complexity index is 870. The van der Waals surface area contributed by atoms with Gasteiger partial charge in [0.05, 0.1) is 18.3 Å². The number of esters is 1. The smallest absolute Gasteiger partial charge is 0.306 e. The molecule has 0 spiro atoms. The molecule has 1 heterocycles. The number of hydrogen-bond acceptors (Lipinski definition) is 6. The number of primary amides is 1. The number of carbonyl (C=O) groups is 3. The quantitative estimate of drug-likeness (QED) is 0.593. The molecular weight excluding hydrogens is 412 g/mol. The molecular formula is C24H34N2O6. The van der Waals surface area contributed by atoms with Crippen molar-refractivity contribution in [2.24, 2.45) is 5.73 Å². The molecule has 0 radical (unpaired) electrons. The summed E-state index contributed by atoms with van der Waals surface area (Å²) < 4.78 is 11.5. The third-order valence-corrected chi connectivity index (χ3v) is 5.89. The molecule has 0 saturated heterocycles. The van der Waals surface area contributed by atoms with Gasteiger partial charge in [0.1, 0.15) is 17.4 Å². The largest absolute Gasteiger partial charge is 0.489 e. The van der Waals surface area contributed by atoms with Crippen LogP contribution in [0.3, 0.4) is 0 Å². The summed E-state index contributed by atoms with van der Waals surface area (Å²) in [5.74, 6) is -1.09. The van der Waals surface area contributed by atoms with Gasteiger partial charge in [-0.2, -0.15) is 0 Å². The maximum atomic E-state index is 13.4. The summed E-state index contributed by atoms with van der Waals surface area (Å²) >= 11 is 0. The predicted molar refractivity (Wildman–Crippen MR) is 118 cm³/mol. The van der Waals surface area contributed by atoms with E-state index in [2.05, 4.69) is 0 Å². The lowest BCUT2D eigenvalue weighted by molar-refractivity contribution is -0.155. The summed E-state index contributed by atoms with van der Waals surface area (Å²) in [6, 6.07) is 2.59. The second-order valence-electron chi connectivity index (χ2n) is 9.60. The van der Waals surface area contributed by atoms with Gasteiger partial charge >= 0.3 is 5.97 Å². The minimum atomic E-state index is -0.942. The van der Waals surface area contributed by atoms with Crippen LogP contribution in [0, 0.1) is 0 Å². The second-order valence-corrected chi connectivity index (χ2v) is 9.60. The highest BCUT2D eigenvalue weighted by Crippen LogP contribution is 2.37.